The second-order valence-electron chi connectivity index (χ2n) is 8.30. The topological polar surface area (TPSA) is 58.4 Å². The van der Waals surface area contributed by atoms with Gasteiger partial charge in [-0.05, 0) is 49.8 Å². The van der Waals surface area contributed by atoms with Gasteiger partial charge in [0.05, 0.1) is 24.0 Å². The lowest BCUT2D eigenvalue weighted by Crippen LogP contribution is -2.28. The Kier molecular flexibility index (Phi) is 4.89. The number of aryl methyl sites for hydroxylation is 1. The van der Waals surface area contributed by atoms with Gasteiger partial charge in [0.2, 0.25) is 0 Å². The molecular formula is C23H27FN6. The summed E-state index contributed by atoms with van der Waals surface area (Å²) in [5.74, 6) is 0.613. The van der Waals surface area contributed by atoms with Crippen LogP contribution in [0.5, 0.6) is 0 Å². The highest BCUT2D eigenvalue weighted by atomic mass is 19.1. The Bertz CT molecular complexity index is 1090. The molecule has 2 aliphatic heterocycles. The van der Waals surface area contributed by atoms with Crippen LogP contribution >= 0.6 is 0 Å². The maximum absolute atomic E-state index is 14.2. The number of rotatable bonds is 2. The maximum atomic E-state index is 14.2. The summed E-state index contributed by atoms with van der Waals surface area (Å²) in [5.41, 5.74) is 4.55. The zero-order valence-corrected chi connectivity index (χ0v) is 17.3. The summed E-state index contributed by atoms with van der Waals surface area (Å²) in [7, 11) is 0. The standard InChI is InChI=1S/C23H27FN6/c1-3-5-17-7-8-20-18(12-16(24)13-25-20)21-6-4-10-29(21)22-9-11-30-23(28-22)19(14-26-30)15(2)27-17/h9,11-14,17,21,27H,2-8,10H2,1H3. The normalized spacial score (nSPS) is 21.5. The number of fused-ring (bicyclic) bond motifs is 5. The molecule has 3 aromatic rings. The average molecular weight is 407 g/mol. The van der Waals surface area contributed by atoms with Crippen molar-refractivity contribution in [1.29, 1.82) is 0 Å². The van der Waals surface area contributed by atoms with Crippen LogP contribution in [0.15, 0.2) is 37.3 Å². The Morgan fingerprint density at radius 3 is 3.07 bits per heavy atom. The Morgan fingerprint density at radius 2 is 2.20 bits per heavy atom. The molecule has 6 nitrogen and oxygen atoms in total. The smallest absolute Gasteiger partial charge is 0.166 e. The molecule has 30 heavy (non-hydrogen) atoms. The van der Waals surface area contributed by atoms with E-state index in [9.17, 15) is 4.39 Å². The van der Waals surface area contributed by atoms with Crippen molar-refractivity contribution in [1.82, 2.24) is 24.9 Å². The SMILES string of the molecule is C=C1NC(CCC)CCc2ncc(F)cc2C2CCCN2c2ccn3ncc1c3n2. The molecule has 0 aromatic carbocycles. The van der Waals surface area contributed by atoms with Crippen LogP contribution in [0.1, 0.15) is 61.9 Å². The number of nitrogens with one attached hydrogen (secondary N) is 1. The van der Waals surface area contributed by atoms with Crippen LogP contribution in [-0.4, -0.2) is 32.2 Å². The van der Waals surface area contributed by atoms with E-state index in [0.29, 0.717) is 0 Å². The van der Waals surface area contributed by atoms with Crippen LogP contribution in [-0.2, 0) is 6.42 Å². The largest absolute Gasteiger partial charge is 0.382 e. The fourth-order valence-corrected chi connectivity index (χ4v) is 4.85. The van der Waals surface area contributed by atoms with Crippen LogP contribution in [0.3, 0.4) is 0 Å². The van der Waals surface area contributed by atoms with Crippen molar-refractivity contribution in [3.8, 4) is 0 Å². The van der Waals surface area contributed by atoms with Gasteiger partial charge in [0.1, 0.15) is 11.6 Å². The highest BCUT2D eigenvalue weighted by Gasteiger charge is 2.30. The van der Waals surface area contributed by atoms with E-state index in [2.05, 4.69) is 33.8 Å². The molecule has 0 amide bonds. The third-order valence-electron chi connectivity index (χ3n) is 6.30. The van der Waals surface area contributed by atoms with Gasteiger partial charge in [0.25, 0.3) is 0 Å². The lowest BCUT2D eigenvalue weighted by Gasteiger charge is -2.27. The predicted molar refractivity (Wildman–Crippen MR) is 116 cm³/mol. The minimum atomic E-state index is -0.275. The number of anilines is 1. The number of pyridine rings is 1. The van der Waals surface area contributed by atoms with Gasteiger partial charge in [0.15, 0.2) is 5.65 Å². The lowest BCUT2D eigenvalue weighted by atomic mass is 9.97. The van der Waals surface area contributed by atoms with Gasteiger partial charge in [-0.2, -0.15) is 5.10 Å². The number of aromatic nitrogens is 4. The molecule has 5 heterocycles. The van der Waals surface area contributed by atoms with E-state index in [1.165, 1.54) is 6.20 Å². The Hall–Kier alpha value is -2.96. The van der Waals surface area contributed by atoms with E-state index in [1.54, 1.807) is 10.6 Å². The first-order valence-corrected chi connectivity index (χ1v) is 10.8. The van der Waals surface area contributed by atoms with Crippen LogP contribution < -0.4 is 10.2 Å². The van der Waals surface area contributed by atoms with Gasteiger partial charge in [-0.25, -0.2) is 13.9 Å². The van der Waals surface area contributed by atoms with Gasteiger partial charge in [0, 0.05) is 30.2 Å². The van der Waals surface area contributed by atoms with Gasteiger partial charge in [-0.15, -0.1) is 0 Å². The molecule has 0 spiro atoms. The van der Waals surface area contributed by atoms with E-state index in [0.717, 1.165) is 79.1 Å². The summed E-state index contributed by atoms with van der Waals surface area (Å²) >= 11 is 0. The molecular weight excluding hydrogens is 379 g/mol. The van der Waals surface area contributed by atoms with Crippen LogP contribution in [0.25, 0.3) is 11.3 Å². The molecule has 7 heteroatoms. The van der Waals surface area contributed by atoms with Gasteiger partial charge in [-0.3, -0.25) is 4.98 Å². The van der Waals surface area contributed by atoms with Crippen molar-refractivity contribution >= 4 is 17.2 Å². The molecule has 156 valence electrons. The number of hydrogen-bond acceptors (Lipinski definition) is 5. The molecule has 1 N–H and O–H groups in total. The van der Waals surface area contributed by atoms with Crippen molar-refractivity contribution in [2.24, 2.45) is 0 Å². The van der Waals surface area contributed by atoms with Gasteiger partial charge in [-0.1, -0.05) is 19.9 Å². The number of halogens is 1. The molecule has 3 aromatic heterocycles. The molecule has 0 saturated carbocycles. The molecule has 1 fully saturated rings. The Labute approximate surface area is 175 Å². The maximum Gasteiger partial charge on any atom is 0.166 e. The highest BCUT2D eigenvalue weighted by molar-refractivity contribution is 5.74. The van der Waals surface area contributed by atoms with Gasteiger partial charge < -0.3 is 10.2 Å². The van der Waals surface area contributed by atoms with E-state index in [1.807, 2.05) is 18.5 Å². The minimum Gasteiger partial charge on any atom is -0.382 e. The summed E-state index contributed by atoms with van der Waals surface area (Å²) in [5, 5.41) is 8.06. The van der Waals surface area contributed by atoms with E-state index in [-0.39, 0.29) is 17.9 Å². The lowest BCUT2D eigenvalue weighted by molar-refractivity contribution is 0.502. The summed E-state index contributed by atoms with van der Waals surface area (Å²) < 4.78 is 16.0. The van der Waals surface area contributed by atoms with E-state index in [4.69, 9.17) is 4.98 Å². The van der Waals surface area contributed by atoms with E-state index >= 15 is 0 Å². The highest BCUT2D eigenvalue weighted by Crippen LogP contribution is 2.37. The first-order valence-electron chi connectivity index (χ1n) is 10.8. The summed E-state index contributed by atoms with van der Waals surface area (Å²) in [6.07, 6.45) is 11.0. The van der Waals surface area contributed by atoms with Crippen molar-refractivity contribution in [3.63, 3.8) is 0 Å². The molecule has 0 aliphatic carbocycles. The third-order valence-corrected chi connectivity index (χ3v) is 6.30. The van der Waals surface area contributed by atoms with E-state index < -0.39 is 0 Å². The van der Waals surface area contributed by atoms with Crippen molar-refractivity contribution in [3.05, 3.63) is 59.9 Å². The predicted octanol–water partition coefficient (Wildman–Crippen LogP) is 4.28. The second-order valence-corrected chi connectivity index (χ2v) is 8.30. The number of hydrogen-bond donors (Lipinski definition) is 1. The monoisotopic (exact) mass is 406 g/mol. The summed E-state index contributed by atoms with van der Waals surface area (Å²) in [6.45, 7) is 7.37. The van der Waals surface area contributed by atoms with Crippen molar-refractivity contribution in [2.45, 2.75) is 57.5 Å². The Morgan fingerprint density at radius 1 is 1.30 bits per heavy atom. The van der Waals surface area contributed by atoms with Crippen molar-refractivity contribution in [2.75, 3.05) is 11.4 Å². The van der Waals surface area contributed by atoms with Crippen LogP contribution in [0.2, 0.25) is 0 Å². The summed E-state index contributed by atoms with van der Waals surface area (Å²) in [6, 6.07) is 4.02. The molecule has 2 bridgehead atoms. The average Bonchev–Trinajstić information content (AvgIpc) is 3.38. The fourth-order valence-electron chi connectivity index (χ4n) is 4.85. The molecule has 1 saturated heterocycles. The summed E-state index contributed by atoms with van der Waals surface area (Å²) in [4.78, 5) is 11.7. The molecule has 2 atom stereocenters. The van der Waals surface area contributed by atoms with Crippen molar-refractivity contribution < 1.29 is 4.39 Å². The molecule has 0 radical (unpaired) electrons. The quantitative estimate of drug-likeness (QED) is 0.688. The Balaban J connectivity index is 1.66. The minimum absolute atomic E-state index is 0.0889. The fraction of sp³-hybridized carbons (Fsp3) is 0.435. The zero-order valence-electron chi connectivity index (χ0n) is 17.3. The zero-order chi connectivity index (χ0) is 20.7. The first kappa shape index (κ1) is 19.0. The van der Waals surface area contributed by atoms with Gasteiger partial charge >= 0.3 is 0 Å². The molecule has 2 aliphatic rings. The van der Waals surface area contributed by atoms with Crippen LogP contribution in [0, 0.1) is 5.82 Å². The second kappa shape index (κ2) is 7.70. The number of nitrogens with zero attached hydrogens (tertiary/aromatic N) is 5. The first-order chi connectivity index (χ1) is 14.6. The molecule has 2 unspecified atom stereocenters. The molecule has 5 rings (SSSR count). The van der Waals surface area contributed by atoms with Crippen LogP contribution in [0.4, 0.5) is 10.2 Å². The third kappa shape index (κ3) is 3.32.